The molecular weight excluding hydrogens is 627 g/mol. The average molecular weight is 662 g/mol. The van der Waals surface area contributed by atoms with Crippen molar-refractivity contribution in [3.8, 4) is 5.75 Å². The number of alkyl halides is 3. The number of rotatable bonds is 11. The molecule has 10 nitrogen and oxygen atoms in total. The van der Waals surface area contributed by atoms with Gasteiger partial charge in [0.1, 0.15) is 10.6 Å². The number of urea groups is 1. The Labute approximate surface area is 264 Å². The van der Waals surface area contributed by atoms with Gasteiger partial charge in [0.05, 0.1) is 13.0 Å². The van der Waals surface area contributed by atoms with Gasteiger partial charge in [-0.25, -0.2) is 13.2 Å². The first-order valence-corrected chi connectivity index (χ1v) is 16.5. The monoisotopic (exact) mass is 661 g/mol. The van der Waals surface area contributed by atoms with Gasteiger partial charge in [0, 0.05) is 29.7 Å². The van der Waals surface area contributed by atoms with E-state index in [1.54, 1.807) is 24.3 Å². The maximum Gasteiger partial charge on any atom is 0.573 e. The summed E-state index contributed by atoms with van der Waals surface area (Å²) in [5.74, 6) is -2.00. The minimum absolute atomic E-state index is 0.0176. The summed E-state index contributed by atoms with van der Waals surface area (Å²) in [4.78, 5) is 37.4. The molecule has 246 valence electrons. The van der Waals surface area contributed by atoms with Crippen molar-refractivity contribution < 1.29 is 45.8 Å². The third-order valence-corrected chi connectivity index (χ3v) is 8.65. The van der Waals surface area contributed by atoms with Crippen LogP contribution in [0.25, 0.3) is 0 Å². The molecular formula is C32H34F3N3O7S. The van der Waals surface area contributed by atoms with Crippen molar-refractivity contribution in [3.63, 3.8) is 0 Å². The summed E-state index contributed by atoms with van der Waals surface area (Å²) in [6.45, 7) is -0.0190. The Kier molecular flexibility index (Phi) is 10.9. The van der Waals surface area contributed by atoms with Crippen LogP contribution in [-0.2, 0) is 21.2 Å². The third kappa shape index (κ3) is 9.70. The number of nitrogens with one attached hydrogen (secondary N) is 2. The summed E-state index contributed by atoms with van der Waals surface area (Å²) in [5.41, 5.74) is 2.50. The number of anilines is 2. The molecule has 1 aliphatic carbocycles. The molecule has 0 aromatic heterocycles. The second-order valence-electron chi connectivity index (χ2n) is 11.0. The molecule has 3 aromatic rings. The first kappa shape index (κ1) is 34.3. The Morgan fingerprint density at radius 1 is 0.957 bits per heavy atom. The van der Waals surface area contributed by atoms with Gasteiger partial charge in [-0.1, -0.05) is 43.5 Å². The van der Waals surface area contributed by atoms with Gasteiger partial charge in [-0.05, 0) is 72.4 Å². The zero-order chi connectivity index (χ0) is 33.5. The van der Waals surface area contributed by atoms with E-state index < -0.39 is 44.8 Å². The van der Waals surface area contributed by atoms with Crippen LogP contribution in [0.1, 0.15) is 65.9 Å². The lowest BCUT2D eigenvalue weighted by Gasteiger charge is -2.26. The normalized spacial score (nSPS) is 13.9. The lowest BCUT2D eigenvalue weighted by Crippen LogP contribution is -2.34. The highest BCUT2D eigenvalue weighted by Gasteiger charge is 2.33. The zero-order valence-corrected chi connectivity index (χ0v) is 25.8. The SMILES string of the molecule is CS(=O)(=O)c1cc(NC(=O)N(Cc2ccc(C(=O)NCCC(=O)O)cc2)c2ccc(C3CCCCC3)cc2)ccc1OC(F)(F)F. The molecule has 1 fully saturated rings. The number of hydrogen-bond acceptors (Lipinski definition) is 6. The van der Waals surface area contributed by atoms with Crippen LogP contribution in [0.15, 0.2) is 71.6 Å². The maximum atomic E-state index is 13.7. The van der Waals surface area contributed by atoms with Crippen LogP contribution in [0.4, 0.5) is 29.3 Å². The summed E-state index contributed by atoms with van der Waals surface area (Å²) < 4.78 is 67.1. The lowest BCUT2D eigenvalue weighted by atomic mass is 9.84. The van der Waals surface area contributed by atoms with Crippen LogP contribution in [0.3, 0.4) is 0 Å². The average Bonchev–Trinajstić information content (AvgIpc) is 3.00. The van der Waals surface area contributed by atoms with Crippen molar-refractivity contribution in [2.24, 2.45) is 0 Å². The number of halogens is 3. The van der Waals surface area contributed by atoms with Gasteiger partial charge in [-0.2, -0.15) is 0 Å². The second kappa shape index (κ2) is 14.7. The van der Waals surface area contributed by atoms with Gasteiger partial charge < -0.3 is 20.5 Å². The number of carbonyl (C=O) groups is 3. The highest BCUT2D eigenvalue weighted by atomic mass is 32.2. The van der Waals surface area contributed by atoms with Gasteiger partial charge in [-0.15, -0.1) is 13.2 Å². The Morgan fingerprint density at radius 3 is 2.20 bits per heavy atom. The van der Waals surface area contributed by atoms with Gasteiger partial charge in [-0.3, -0.25) is 14.5 Å². The van der Waals surface area contributed by atoms with E-state index in [4.69, 9.17) is 5.11 Å². The number of aliphatic carboxylic acids is 1. The van der Waals surface area contributed by atoms with E-state index in [1.807, 2.05) is 12.1 Å². The third-order valence-electron chi connectivity index (χ3n) is 7.53. The molecule has 1 aliphatic rings. The van der Waals surface area contributed by atoms with E-state index in [0.29, 0.717) is 17.2 Å². The van der Waals surface area contributed by atoms with Crippen molar-refractivity contribution in [2.45, 2.75) is 62.2 Å². The predicted molar refractivity (Wildman–Crippen MR) is 165 cm³/mol. The molecule has 0 bridgehead atoms. The molecule has 14 heteroatoms. The maximum absolute atomic E-state index is 13.7. The Bertz CT molecular complexity index is 1660. The smallest absolute Gasteiger partial charge is 0.481 e. The highest BCUT2D eigenvalue weighted by Crippen LogP contribution is 2.35. The molecule has 0 heterocycles. The Hall–Kier alpha value is -4.59. The molecule has 46 heavy (non-hydrogen) atoms. The Balaban J connectivity index is 1.59. The number of carboxylic acid groups (broad SMARTS) is 1. The van der Waals surface area contributed by atoms with Crippen LogP contribution in [0.5, 0.6) is 5.75 Å². The largest absolute Gasteiger partial charge is 0.573 e. The van der Waals surface area contributed by atoms with Crippen molar-refractivity contribution in [1.82, 2.24) is 5.32 Å². The molecule has 0 saturated heterocycles. The van der Waals surface area contributed by atoms with E-state index in [1.165, 1.54) is 23.5 Å². The summed E-state index contributed by atoms with van der Waals surface area (Å²) in [5, 5.41) is 13.9. The van der Waals surface area contributed by atoms with E-state index >= 15 is 0 Å². The summed E-state index contributed by atoms with van der Waals surface area (Å²) in [7, 11) is -4.17. The van der Waals surface area contributed by atoms with Crippen LogP contribution in [0.2, 0.25) is 0 Å². The van der Waals surface area contributed by atoms with Crippen LogP contribution in [-0.4, -0.2) is 50.6 Å². The number of amides is 3. The van der Waals surface area contributed by atoms with Gasteiger partial charge in [0.2, 0.25) is 0 Å². The fourth-order valence-corrected chi connectivity index (χ4v) is 6.06. The van der Waals surface area contributed by atoms with E-state index in [-0.39, 0.29) is 30.8 Å². The molecule has 4 rings (SSSR count). The second-order valence-corrected chi connectivity index (χ2v) is 13.0. The first-order valence-electron chi connectivity index (χ1n) is 14.6. The molecule has 0 unspecified atom stereocenters. The topological polar surface area (TPSA) is 142 Å². The van der Waals surface area contributed by atoms with Gasteiger partial charge in [0.25, 0.3) is 5.91 Å². The number of carboxylic acids is 1. The number of sulfone groups is 1. The molecule has 3 N–H and O–H groups in total. The van der Waals surface area contributed by atoms with E-state index in [2.05, 4.69) is 15.4 Å². The number of benzene rings is 3. The van der Waals surface area contributed by atoms with E-state index in [9.17, 15) is 36.0 Å². The minimum Gasteiger partial charge on any atom is -0.481 e. The molecule has 0 spiro atoms. The molecule has 1 saturated carbocycles. The fourth-order valence-electron chi connectivity index (χ4n) is 5.25. The van der Waals surface area contributed by atoms with Crippen LogP contribution in [0, 0.1) is 0 Å². The summed E-state index contributed by atoms with van der Waals surface area (Å²) in [6, 6.07) is 16.0. The predicted octanol–water partition coefficient (Wildman–Crippen LogP) is 6.48. The van der Waals surface area contributed by atoms with Crippen molar-refractivity contribution in [3.05, 3.63) is 83.4 Å². The number of carbonyl (C=O) groups excluding carboxylic acids is 2. The number of ether oxygens (including phenoxy) is 1. The van der Waals surface area contributed by atoms with Crippen LogP contribution >= 0.6 is 0 Å². The standard InChI is InChI=1S/C32H34F3N3O7S/c1-46(43,44)28-19-25(13-16-27(28)45-32(33,34)35)37-31(42)38(26-14-11-23(12-15-26)22-5-3-2-4-6-22)20-21-7-9-24(10-8-21)30(41)36-18-17-29(39)40/h7-16,19,22H,2-6,17-18,20H2,1H3,(H,36,41)(H,37,42)(H,39,40). The van der Waals surface area contributed by atoms with Gasteiger partial charge in [0.15, 0.2) is 9.84 Å². The quantitative estimate of drug-likeness (QED) is 0.214. The van der Waals surface area contributed by atoms with Gasteiger partial charge >= 0.3 is 18.4 Å². The molecule has 3 aromatic carbocycles. The van der Waals surface area contributed by atoms with E-state index in [0.717, 1.165) is 55.7 Å². The molecule has 3 amide bonds. The zero-order valence-electron chi connectivity index (χ0n) is 25.0. The lowest BCUT2D eigenvalue weighted by molar-refractivity contribution is -0.275. The highest BCUT2D eigenvalue weighted by molar-refractivity contribution is 7.90. The Morgan fingerprint density at radius 2 is 1.61 bits per heavy atom. The number of nitrogens with zero attached hydrogens (tertiary/aromatic N) is 1. The summed E-state index contributed by atoms with van der Waals surface area (Å²) in [6.07, 6.45) is 1.04. The van der Waals surface area contributed by atoms with Crippen LogP contribution < -0.4 is 20.3 Å². The van der Waals surface area contributed by atoms with Crippen molar-refractivity contribution in [2.75, 3.05) is 23.0 Å². The molecule has 0 aliphatic heterocycles. The number of hydrogen-bond donors (Lipinski definition) is 3. The fraction of sp³-hybridized carbons (Fsp3) is 0.344. The molecule has 0 radical (unpaired) electrons. The molecule has 0 atom stereocenters. The minimum atomic E-state index is -5.13. The summed E-state index contributed by atoms with van der Waals surface area (Å²) >= 11 is 0. The van der Waals surface area contributed by atoms with Crippen molar-refractivity contribution in [1.29, 1.82) is 0 Å². The first-order chi connectivity index (χ1) is 21.7. The van der Waals surface area contributed by atoms with Crippen molar-refractivity contribution >= 4 is 39.1 Å².